The van der Waals surface area contributed by atoms with Gasteiger partial charge in [0.05, 0.1) is 13.5 Å². The van der Waals surface area contributed by atoms with Crippen molar-refractivity contribution in [3.8, 4) is 0 Å². The molecule has 0 rings (SSSR count). The van der Waals surface area contributed by atoms with E-state index in [0.717, 1.165) is 0 Å². The van der Waals surface area contributed by atoms with Gasteiger partial charge in [0, 0.05) is 0 Å². The summed E-state index contributed by atoms with van der Waals surface area (Å²) in [7, 11) is 1.40. The molecule has 0 amide bonds. The Morgan fingerprint density at radius 3 is 2.36 bits per heavy atom. The summed E-state index contributed by atoms with van der Waals surface area (Å²) in [4.78, 5) is 19.7. The molecule has 0 atom stereocenters. The number of hydrogen-bond donors (Lipinski definition) is 1. The zero-order chi connectivity index (χ0) is 11.2. The summed E-state index contributed by atoms with van der Waals surface area (Å²) in [6.45, 7) is 6.20. The minimum atomic E-state index is -0.861. The zero-order valence-electron chi connectivity index (χ0n) is 9.16. The van der Waals surface area contributed by atoms with Crippen molar-refractivity contribution in [2.75, 3.05) is 13.7 Å². The molecule has 82 valence electrons. The highest BCUT2D eigenvalue weighted by molar-refractivity contribution is 5.70. The molecule has 0 aromatic heterocycles. The highest BCUT2D eigenvalue weighted by Gasteiger charge is 2.11. The molecule has 0 aromatic carbocycles. The van der Waals surface area contributed by atoms with Gasteiger partial charge in [-0.3, -0.25) is 4.79 Å². The smallest absolute Gasteiger partial charge is 0.307 e. The van der Waals surface area contributed by atoms with Crippen molar-refractivity contribution in [3.05, 3.63) is 11.6 Å². The van der Waals surface area contributed by atoms with E-state index in [1.54, 1.807) is 0 Å². The summed E-state index contributed by atoms with van der Waals surface area (Å²) >= 11 is 0. The normalized spacial score (nSPS) is 13.0. The molecule has 1 N–H and O–H groups in total. The molecule has 0 aliphatic carbocycles. The third-order valence-corrected chi connectivity index (χ3v) is 1.38. The van der Waals surface area contributed by atoms with E-state index in [1.807, 2.05) is 26.8 Å². The van der Waals surface area contributed by atoms with Crippen molar-refractivity contribution in [1.82, 2.24) is 0 Å². The highest BCUT2D eigenvalue weighted by atomic mass is 17.2. The van der Waals surface area contributed by atoms with E-state index in [0.29, 0.717) is 5.57 Å². The van der Waals surface area contributed by atoms with E-state index >= 15 is 0 Å². The van der Waals surface area contributed by atoms with Crippen LogP contribution in [0.4, 0.5) is 0 Å². The summed E-state index contributed by atoms with van der Waals surface area (Å²) in [6, 6.07) is 0. The van der Waals surface area contributed by atoms with E-state index in [4.69, 9.17) is 9.99 Å². The second-order valence-electron chi connectivity index (χ2n) is 4.17. The van der Waals surface area contributed by atoms with Gasteiger partial charge in [-0.1, -0.05) is 26.8 Å². The van der Waals surface area contributed by atoms with Crippen LogP contribution in [-0.2, 0) is 14.6 Å². The zero-order valence-corrected chi connectivity index (χ0v) is 9.16. The van der Waals surface area contributed by atoms with Gasteiger partial charge < -0.3 is 5.11 Å². The maximum absolute atomic E-state index is 10.5. The van der Waals surface area contributed by atoms with E-state index in [-0.39, 0.29) is 18.4 Å². The largest absolute Gasteiger partial charge is 0.481 e. The number of carboxylic acid groups (broad SMARTS) is 1. The molecule has 0 bridgehead atoms. The Balaban J connectivity index is 4.38. The van der Waals surface area contributed by atoms with Crippen molar-refractivity contribution in [3.63, 3.8) is 0 Å². The van der Waals surface area contributed by atoms with Gasteiger partial charge in [-0.15, -0.1) is 0 Å². The monoisotopic (exact) mass is 202 g/mol. The predicted molar refractivity (Wildman–Crippen MR) is 52.8 cm³/mol. The van der Waals surface area contributed by atoms with Crippen LogP contribution in [0.3, 0.4) is 0 Å². The number of rotatable bonds is 5. The molecule has 0 heterocycles. The summed E-state index contributed by atoms with van der Waals surface area (Å²) in [5, 5.41) is 8.64. The third-order valence-electron chi connectivity index (χ3n) is 1.38. The van der Waals surface area contributed by atoms with Crippen molar-refractivity contribution in [2.45, 2.75) is 27.2 Å². The van der Waals surface area contributed by atoms with Crippen LogP contribution < -0.4 is 0 Å². The molecule has 0 aliphatic heterocycles. The molecule has 0 aromatic rings. The minimum absolute atomic E-state index is 0.0133. The number of carbonyl (C=O) groups is 1. The fraction of sp³-hybridized carbons (Fsp3) is 0.700. The highest BCUT2D eigenvalue weighted by Crippen LogP contribution is 2.19. The first-order valence-corrected chi connectivity index (χ1v) is 4.43. The maximum Gasteiger partial charge on any atom is 0.307 e. The van der Waals surface area contributed by atoms with Crippen LogP contribution in [0, 0.1) is 5.41 Å². The van der Waals surface area contributed by atoms with Crippen molar-refractivity contribution in [2.24, 2.45) is 5.41 Å². The van der Waals surface area contributed by atoms with E-state index < -0.39 is 5.97 Å². The van der Waals surface area contributed by atoms with Crippen molar-refractivity contribution in [1.29, 1.82) is 0 Å². The number of allylic oxidation sites excluding steroid dienone is 1. The molecular weight excluding hydrogens is 184 g/mol. The first-order chi connectivity index (χ1) is 6.35. The molecule has 0 radical (unpaired) electrons. The molecule has 0 aliphatic rings. The van der Waals surface area contributed by atoms with Crippen LogP contribution in [-0.4, -0.2) is 24.8 Å². The third kappa shape index (κ3) is 7.76. The predicted octanol–water partition coefficient (Wildman–Crippen LogP) is 2.01. The van der Waals surface area contributed by atoms with Gasteiger partial charge in [0.1, 0.15) is 6.61 Å². The van der Waals surface area contributed by atoms with Gasteiger partial charge in [-0.2, -0.15) is 0 Å². The quantitative estimate of drug-likeness (QED) is 0.421. The summed E-state index contributed by atoms with van der Waals surface area (Å²) in [5.41, 5.74) is 0.661. The molecule has 0 saturated heterocycles. The molecular formula is C10H18O4. The Labute approximate surface area is 84.4 Å². The lowest BCUT2D eigenvalue weighted by Gasteiger charge is -2.15. The molecule has 0 unspecified atom stereocenters. The lowest BCUT2D eigenvalue weighted by molar-refractivity contribution is -0.265. The Morgan fingerprint density at radius 2 is 2.00 bits per heavy atom. The van der Waals surface area contributed by atoms with Crippen LogP contribution in [0.1, 0.15) is 27.2 Å². The van der Waals surface area contributed by atoms with Crippen molar-refractivity contribution < 1.29 is 19.7 Å². The standard InChI is InChI=1S/C10H18O4/c1-10(2,3)6-8(5-9(11)12)7-14-13-4/h6H,5,7H2,1-4H3,(H,11,12)/b8-6+. The molecule has 4 heteroatoms. The average Bonchev–Trinajstić information content (AvgIpc) is 1.96. The first-order valence-electron chi connectivity index (χ1n) is 4.43. The molecule has 0 spiro atoms. The van der Waals surface area contributed by atoms with Crippen molar-refractivity contribution >= 4 is 5.97 Å². The average molecular weight is 202 g/mol. The lowest BCUT2D eigenvalue weighted by Crippen LogP contribution is -2.09. The van der Waals surface area contributed by atoms with Gasteiger partial charge in [-0.25, -0.2) is 9.78 Å². The second kappa shape index (κ2) is 5.78. The SMILES string of the molecule is COOC/C(=C/C(C)(C)C)CC(=O)O. The topological polar surface area (TPSA) is 55.8 Å². The fourth-order valence-corrected chi connectivity index (χ4v) is 1.08. The molecule has 0 saturated carbocycles. The summed E-state index contributed by atoms with van der Waals surface area (Å²) in [5.74, 6) is -0.861. The van der Waals surface area contributed by atoms with Crippen LogP contribution in [0.5, 0.6) is 0 Å². The van der Waals surface area contributed by atoms with Gasteiger partial charge in [0.15, 0.2) is 0 Å². The second-order valence-corrected chi connectivity index (χ2v) is 4.17. The van der Waals surface area contributed by atoms with Crippen LogP contribution in [0.25, 0.3) is 0 Å². The Bertz CT molecular complexity index is 213. The number of aliphatic carboxylic acids is 1. The van der Waals surface area contributed by atoms with Gasteiger partial charge in [0.2, 0.25) is 0 Å². The number of hydrogen-bond acceptors (Lipinski definition) is 3. The summed E-state index contributed by atoms with van der Waals surface area (Å²) < 4.78 is 0. The Kier molecular flexibility index (Phi) is 5.42. The van der Waals surface area contributed by atoms with E-state index in [1.165, 1.54) is 7.11 Å². The van der Waals surface area contributed by atoms with E-state index in [2.05, 4.69) is 4.89 Å². The van der Waals surface area contributed by atoms with Gasteiger partial charge in [0.25, 0.3) is 0 Å². The maximum atomic E-state index is 10.5. The van der Waals surface area contributed by atoms with Crippen LogP contribution in [0.2, 0.25) is 0 Å². The van der Waals surface area contributed by atoms with E-state index in [9.17, 15) is 4.79 Å². The first kappa shape index (κ1) is 13.1. The van der Waals surface area contributed by atoms with Gasteiger partial charge in [-0.05, 0) is 11.0 Å². The number of carboxylic acids is 1. The summed E-state index contributed by atoms with van der Waals surface area (Å²) in [6.07, 6.45) is 1.88. The molecule has 14 heavy (non-hydrogen) atoms. The molecule has 0 fully saturated rings. The Hall–Kier alpha value is -0.870. The fourth-order valence-electron chi connectivity index (χ4n) is 1.08. The minimum Gasteiger partial charge on any atom is -0.481 e. The van der Waals surface area contributed by atoms with Crippen LogP contribution in [0.15, 0.2) is 11.6 Å². The molecule has 4 nitrogen and oxygen atoms in total. The lowest BCUT2D eigenvalue weighted by atomic mass is 9.93. The van der Waals surface area contributed by atoms with Gasteiger partial charge >= 0.3 is 5.97 Å². The Morgan fingerprint density at radius 1 is 1.43 bits per heavy atom. The van der Waals surface area contributed by atoms with Crippen LogP contribution >= 0.6 is 0 Å².